The number of benzene rings is 2. The van der Waals surface area contributed by atoms with Crippen molar-refractivity contribution in [1.82, 2.24) is 0 Å². The van der Waals surface area contributed by atoms with E-state index in [9.17, 15) is 13.9 Å². The highest BCUT2D eigenvalue weighted by molar-refractivity contribution is 6.30. The number of hydrogen-bond donors (Lipinski definition) is 1. The predicted octanol–water partition coefficient (Wildman–Crippen LogP) is 4.77. The highest BCUT2D eigenvalue weighted by Crippen LogP contribution is 2.33. The quantitative estimate of drug-likeness (QED) is 0.884. The molecule has 1 N–H and O–H groups in total. The van der Waals surface area contributed by atoms with Gasteiger partial charge < -0.3 is 9.84 Å². The monoisotopic (exact) mass is 298 g/mol. The summed E-state index contributed by atoms with van der Waals surface area (Å²) in [5.74, 6) is -0.544. The summed E-state index contributed by atoms with van der Waals surface area (Å²) in [6.07, 6.45) is -0.905. The molecule has 0 heterocycles. The van der Waals surface area contributed by atoms with E-state index in [-0.39, 0.29) is 16.5 Å². The van der Waals surface area contributed by atoms with E-state index in [2.05, 4.69) is 0 Å². The SMILES string of the molecule is Cc1cc(Oc2ccc(Cl)c(F)c2)c([C@@H](C)O)cc1F. The summed E-state index contributed by atoms with van der Waals surface area (Å²) >= 11 is 5.59. The van der Waals surface area contributed by atoms with E-state index in [1.54, 1.807) is 6.92 Å². The smallest absolute Gasteiger partial charge is 0.145 e. The molecular weight excluding hydrogens is 286 g/mol. The predicted molar refractivity (Wildman–Crippen MR) is 73.3 cm³/mol. The van der Waals surface area contributed by atoms with Crippen LogP contribution in [0.5, 0.6) is 11.5 Å². The molecule has 0 aliphatic carbocycles. The van der Waals surface area contributed by atoms with Crippen LogP contribution in [0.25, 0.3) is 0 Å². The molecule has 0 fully saturated rings. The molecule has 0 aliphatic rings. The number of ether oxygens (including phenoxy) is 1. The minimum absolute atomic E-state index is 0.0108. The summed E-state index contributed by atoms with van der Waals surface area (Å²) in [6.45, 7) is 3.08. The third-order valence-electron chi connectivity index (χ3n) is 2.86. The van der Waals surface area contributed by atoms with Crippen molar-refractivity contribution in [3.63, 3.8) is 0 Å². The normalized spacial score (nSPS) is 12.3. The molecule has 106 valence electrons. The number of halogens is 3. The molecule has 2 rings (SSSR count). The van der Waals surface area contributed by atoms with Crippen LogP contribution in [-0.4, -0.2) is 5.11 Å². The van der Waals surface area contributed by atoms with Crippen LogP contribution in [0.2, 0.25) is 5.02 Å². The van der Waals surface area contributed by atoms with Gasteiger partial charge in [0.1, 0.15) is 23.1 Å². The Balaban J connectivity index is 2.41. The Kier molecular flexibility index (Phi) is 4.26. The third-order valence-corrected chi connectivity index (χ3v) is 3.17. The zero-order chi connectivity index (χ0) is 14.9. The molecule has 2 aromatic rings. The Morgan fingerprint density at radius 2 is 1.85 bits per heavy atom. The van der Waals surface area contributed by atoms with Crippen LogP contribution in [0, 0.1) is 18.6 Å². The Labute approximate surface area is 120 Å². The molecule has 20 heavy (non-hydrogen) atoms. The minimum Gasteiger partial charge on any atom is -0.457 e. The lowest BCUT2D eigenvalue weighted by Crippen LogP contribution is -1.99. The molecule has 0 aliphatic heterocycles. The second-order valence-electron chi connectivity index (χ2n) is 4.49. The van der Waals surface area contributed by atoms with Gasteiger partial charge in [0.2, 0.25) is 0 Å². The van der Waals surface area contributed by atoms with Crippen LogP contribution in [0.4, 0.5) is 8.78 Å². The van der Waals surface area contributed by atoms with E-state index in [4.69, 9.17) is 16.3 Å². The van der Waals surface area contributed by atoms with Gasteiger partial charge in [-0.05, 0) is 43.7 Å². The van der Waals surface area contributed by atoms with Crippen molar-refractivity contribution in [3.05, 3.63) is 58.1 Å². The first-order valence-electron chi connectivity index (χ1n) is 5.99. The molecule has 0 bridgehead atoms. The Bertz CT molecular complexity index is 642. The zero-order valence-electron chi connectivity index (χ0n) is 11.0. The van der Waals surface area contributed by atoms with Crippen molar-refractivity contribution in [2.75, 3.05) is 0 Å². The van der Waals surface area contributed by atoms with Crippen molar-refractivity contribution in [2.24, 2.45) is 0 Å². The van der Waals surface area contributed by atoms with Crippen molar-refractivity contribution >= 4 is 11.6 Å². The number of rotatable bonds is 3. The zero-order valence-corrected chi connectivity index (χ0v) is 11.7. The maximum absolute atomic E-state index is 13.5. The van der Waals surface area contributed by atoms with E-state index in [0.717, 1.165) is 6.07 Å². The lowest BCUT2D eigenvalue weighted by molar-refractivity contribution is 0.195. The van der Waals surface area contributed by atoms with Gasteiger partial charge in [0.05, 0.1) is 11.1 Å². The van der Waals surface area contributed by atoms with Crippen LogP contribution in [0.1, 0.15) is 24.2 Å². The van der Waals surface area contributed by atoms with Crippen LogP contribution < -0.4 is 4.74 Å². The van der Waals surface area contributed by atoms with Gasteiger partial charge in [0, 0.05) is 11.6 Å². The number of hydrogen-bond acceptors (Lipinski definition) is 2. The van der Waals surface area contributed by atoms with Crippen molar-refractivity contribution in [1.29, 1.82) is 0 Å². The lowest BCUT2D eigenvalue weighted by Gasteiger charge is -2.15. The summed E-state index contributed by atoms with van der Waals surface area (Å²) in [5.41, 5.74) is 0.669. The van der Waals surface area contributed by atoms with E-state index in [1.807, 2.05) is 0 Å². The van der Waals surface area contributed by atoms with E-state index < -0.39 is 17.7 Å². The van der Waals surface area contributed by atoms with Gasteiger partial charge in [-0.3, -0.25) is 0 Å². The third kappa shape index (κ3) is 3.08. The molecule has 2 nitrogen and oxygen atoms in total. The molecule has 5 heteroatoms. The first-order chi connectivity index (χ1) is 9.38. The summed E-state index contributed by atoms with van der Waals surface area (Å²) in [7, 11) is 0. The highest BCUT2D eigenvalue weighted by Gasteiger charge is 2.14. The second kappa shape index (κ2) is 5.77. The molecule has 1 atom stereocenters. The molecule has 0 aromatic heterocycles. The van der Waals surface area contributed by atoms with Gasteiger partial charge in [-0.2, -0.15) is 0 Å². The highest BCUT2D eigenvalue weighted by atomic mass is 35.5. The molecule has 0 amide bonds. The first-order valence-corrected chi connectivity index (χ1v) is 6.37. The van der Waals surface area contributed by atoms with E-state index in [0.29, 0.717) is 11.1 Å². The van der Waals surface area contributed by atoms with Crippen LogP contribution in [-0.2, 0) is 0 Å². The summed E-state index contributed by atoms with van der Waals surface area (Å²) in [6, 6.07) is 6.67. The van der Waals surface area contributed by atoms with Gasteiger partial charge in [0.25, 0.3) is 0 Å². The standard InChI is InChI=1S/C15H13ClF2O2/c1-8-5-15(11(9(2)19)7-13(8)17)20-10-3-4-12(16)14(18)6-10/h3-7,9,19H,1-2H3/t9-/m1/s1. The maximum atomic E-state index is 13.5. The number of aryl methyl sites for hydroxylation is 1. The fourth-order valence-electron chi connectivity index (χ4n) is 1.75. The molecule has 0 saturated heterocycles. The van der Waals surface area contributed by atoms with E-state index >= 15 is 0 Å². The van der Waals surface area contributed by atoms with Gasteiger partial charge in [0.15, 0.2) is 0 Å². The van der Waals surface area contributed by atoms with Gasteiger partial charge in [-0.15, -0.1) is 0 Å². The summed E-state index contributed by atoms with van der Waals surface area (Å²) < 4.78 is 32.4. The van der Waals surface area contributed by atoms with Crippen LogP contribution >= 0.6 is 11.6 Å². The maximum Gasteiger partial charge on any atom is 0.145 e. The Morgan fingerprint density at radius 3 is 2.45 bits per heavy atom. The topological polar surface area (TPSA) is 29.5 Å². The summed E-state index contributed by atoms with van der Waals surface area (Å²) in [5, 5.41) is 9.64. The fourth-order valence-corrected chi connectivity index (χ4v) is 1.87. The van der Waals surface area contributed by atoms with Gasteiger partial charge >= 0.3 is 0 Å². The second-order valence-corrected chi connectivity index (χ2v) is 4.90. The fraction of sp³-hybridized carbons (Fsp3) is 0.200. The molecule has 0 unspecified atom stereocenters. The molecule has 0 saturated carbocycles. The van der Waals surface area contributed by atoms with Crippen LogP contribution in [0.15, 0.2) is 30.3 Å². The molecule has 2 aromatic carbocycles. The van der Waals surface area contributed by atoms with Gasteiger partial charge in [-0.25, -0.2) is 8.78 Å². The van der Waals surface area contributed by atoms with Crippen molar-refractivity contribution < 1.29 is 18.6 Å². The van der Waals surface area contributed by atoms with Crippen LogP contribution in [0.3, 0.4) is 0 Å². The lowest BCUT2D eigenvalue weighted by atomic mass is 10.1. The molecule has 0 spiro atoms. The Morgan fingerprint density at radius 1 is 1.15 bits per heavy atom. The van der Waals surface area contributed by atoms with Gasteiger partial charge in [-0.1, -0.05) is 11.6 Å². The average molecular weight is 299 g/mol. The molecule has 0 radical (unpaired) electrons. The van der Waals surface area contributed by atoms with E-state index in [1.165, 1.54) is 31.2 Å². The first kappa shape index (κ1) is 14.8. The van der Waals surface area contributed by atoms with Crippen molar-refractivity contribution in [3.8, 4) is 11.5 Å². The Hall–Kier alpha value is -1.65. The minimum atomic E-state index is -0.905. The summed E-state index contributed by atoms with van der Waals surface area (Å²) in [4.78, 5) is 0. The molecular formula is C15H13ClF2O2. The number of aliphatic hydroxyl groups is 1. The number of aliphatic hydroxyl groups excluding tert-OH is 1. The largest absolute Gasteiger partial charge is 0.457 e. The average Bonchev–Trinajstić information content (AvgIpc) is 2.37. The van der Waals surface area contributed by atoms with Crippen molar-refractivity contribution in [2.45, 2.75) is 20.0 Å².